The van der Waals surface area contributed by atoms with Crippen LogP contribution in [-0.2, 0) is 13.0 Å². The molecule has 0 fully saturated rings. The van der Waals surface area contributed by atoms with Crippen molar-refractivity contribution in [1.82, 2.24) is 9.88 Å². The predicted molar refractivity (Wildman–Crippen MR) is 85.2 cm³/mol. The minimum Gasteiger partial charge on any atom is -0.299 e. The van der Waals surface area contributed by atoms with Gasteiger partial charge in [0.25, 0.3) is 0 Å². The van der Waals surface area contributed by atoms with Gasteiger partial charge in [0.1, 0.15) is 6.07 Å². The van der Waals surface area contributed by atoms with Crippen molar-refractivity contribution in [2.75, 3.05) is 13.1 Å². The first-order valence-electron chi connectivity index (χ1n) is 7.72. The number of hydrogen-bond donors (Lipinski definition) is 0. The van der Waals surface area contributed by atoms with Crippen molar-refractivity contribution in [3.63, 3.8) is 0 Å². The minimum atomic E-state index is 0.462. The third-order valence-electron chi connectivity index (χ3n) is 4.47. The average molecular weight is 279 g/mol. The van der Waals surface area contributed by atoms with E-state index in [1.165, 1.54) is 5.56 Å². The van der Waals surface area contributed by atoms with Gasteiger partial charge in [0.05, 0.1) is 11.1 Å². The van der Waals surface area contributed by atoms with Crippen LogP contribution in [0.1, 0.15) is 49.1 Å². The molecule has 3 nitrogen and oxygen atoms in total. The summed E-state index contributed by atoms with van der Waals surface area (Å²) in [5.74, 6) is 0.462. The fourth-order valence-electron chi connectivity index (χ4n) is 3.07. The normalized spacial score (nSPS) is 15.2. The lowest BCUT2D eigenvalue weighted by Crippen LogP contribution is -2.31. The number of nitriles is 1. The van der Waals surface area contributed by atoms with Crippen molar-refractivity contribution in [1.29, 1.82) is 5.26 Å². The highest BCUT2D eigenvalue weighted by molar-refractivity contribution is 5.87. The van der Waals surface area contributed by atoms with Gasteiger partial charge >= 0.3 is 0 Å². The molecule has 0 bridgehead atoms. The number of aromatic nitrogens is 1. The molecule has 2 heterocycles. The molecule has 1 aliphatic rings. The molecule has 2 aromatic rings. The molecule has 0 N–H and O–H groups in total. The number of nitrogens with zero attached hydrogens (tertiary/aromatic N) is 3. The largest absolute Gasteiger partial charge is 0.299 e. The van der Waals surface area contributed by atoms with Crippen molar-refractivity contribution >= 4 is 10.9 Å². The van der Waals surface area contributed by atoms with Crippen molar-refractivity contribution in [3.05, 3.63) is 40.6 Å². The Morgan fingerprint density at radius 3 is 2.86 bits per heavy atom. The first-order chi connectivity index (χ1) is 10.1. The summed E-state index contributed by atoms with van der Waals surface area (Å²) in [4.78, 5) is 7.19. The molecular formula is C18H21N3. The van der Waals surface area contributed by atoms with E-state index in [1.54, 1.807) is 0 Å². The predicted octanol–water partition coefficient (Wildman–Crippen LogP) is 3.61. The first kappa shape index (κ1) is 14.0. The third-order valence-corrected chi connectivity index (χ3v) is 4.47. The number of likely N-dealkylation sites (N-methyl/N-ethyl adjacent to an activating group) is 1. The van der Waals surface area contributed by atoms with Gasteiger partial charge in [0.15, 0.2) is 0 Å². The van der Waals surface area contributed by atoms with Gasteiger partial charge in [-0.15, -0.1) is 0 Å². The van der Waals surface area contributed by atoms with Gasteiger partial charge in [-0.3, -0.25) is 9.88 Å². The van der Waals surface area contributed by atoms with Crippen LogP contribution in [0.3, 0.4) is 0 Å². The number of fused-ring (bicyclic) bond motifs is 2. The summed E-state index contributed by atoms with van der Waals surface area (Å²) in [5, 5.41) is 10.7. The molecule has 21 heavy (non-hydrogen) atoms. The Hall–Kier alpha value is -1.92. The molecule has 1 aromatic heterocycles. The Morgan fingerprint density at radius 2 is 2.19 bits per heavy atom. The van der Waals surface area contributed by atoms with Crippen LogP contribution in [0.15, 0.2) is 18.2 Å². The number of pyridine rings is 1. The van der Waals surface area contributed by atoms with Crippen LogP contribution < -0.4 is 0 Å². The highest BCUT2D eigenvalue weighted by Crippen LogP contribution is 2.29. The maximum atomic E-state index is 9.68. The van der Waals surface area contributed by atoms with E-state index < -0.39 is 0 Å². The molecule has 0 aliphatic carbocycles. The van der Waals surface area contributed by atoms with Gasteiger partial charge in [-0.25, -0.2) is 0 Å². The summed E-state index contributed by atoms with van der Waals surface area (Å²) in [6.45, 7) is 9.44. The summed E-state index contributed by atoms with van der Waals surface area (Å²) in [6, 6.07) is 8.79. The second kappa shape index (κ2) is 5.46. The van der Waals surface area contributed by atoms with E-state index in [1.807, 2.05) is 0 Å². The molecule has 0 saturated heterocycles. The van der Waals surface area contributed by atoms with E-state index in [0.717, 1.165) is 53.8 Å². The van der Waals surface area contributed by atoms with E-state index in [0.29, 0.717) is 5.92 Å². The molecule has 0 atom stereocenters. The lowest BCUT2D eigenvalue weighted by molar-refractivity contribution is 0.266. The highest BCUT2D eigenvalue weighted by atomic mass is 15.1. The quantitative estimate of drug-likeness (QED) is 0.843. The SMILES string of the molecule is CCN1CCc2nc3ccc(C(C)C)cc3c(C#N)c2C1. The molecule has 0 spiro atoms. The van der Waals surface area contributed by atoms with Crippen molar-refractivity contribution in [2.45, 2.75) is 39.7 Å². The zero-order valence-corrected chi connectivity index (χ0v) is 13.0. The van der Waals surface area contributed by atoms with E-state index in [4.69, 9.17) is 4.98 Å². The molecule has 0 radical (unpaired) electrons. The Balaban J connectivity index is 2.23. The Labute approximate surface area is 126 Å². The monoisotopic (exact) mass is 279 g/mol. The number of rotatable bonds is 2. The second-order valence-electron chi connectivity index (χ2n) is 6.07. The van der Waals surface area contributed by atoms with Crippen LogP contribution in [-0.4, -0.2) is 23.0 Å². The minimum absolute atomic E-state index is 0.462. The lowest BCUT2D eigenvalue weighted by atomic mass is 9.93. The van der Waals surface area contributed by atoms with Gasteiger partial charge in [-0.1, -0.05) is 26.8 Å². The van der Waals surface area contributed by atoms with Crippen molar-refractivity contribution in [3.8, 4) is 6.07 Å². The van der Waals surface area contributed by atoms with Crippen molar-refractivity contribution in [2.24, 2.45) is 0 Å². The molecule has 1 aliphatic heterocycles. The average Bonchev–Trinajstić information content (AvgIpc) is 2.51. The van der Waals surface area contributed by atoms with Gasteiger partial charge in [-0.05, 0) is 30.2 Å². The summed E-state index contributed by atoms with van der Waals surface area (Å²) < 4.78 is 0. The summed E-state index contributed by atoms with van der Waals surface area (Å²) in [7, 11) is 0. The van der Waals surface area contributed by atoms with Crippen LogP contribution >= 0.6 is 0 Å². The van der Waals surface area contributed by atoms with E-state index >= 15 is 0 Å². The molecule has 0 amide bonds. The Bertz CT molecular complexity index is 725. The van der Waals surface area contributed by atoms with Crippen LogP contribution in [0, 0.1) is 11.3 Å². The van der Waals surface area contributed by atoms with Crippen LogP contribution in [0.2, 0.25) is 0 Å². The Morgan fingerprint density at radius 1 is 1.38 bits per heavy atom. The standard InChI is InChI=1S/C18H21N3/c1-4-21-8-7-18-16(11-21)15(10-19)14-9-13(12(2)3)5-6-17(14)20-18/h5-6,9,12H,4,7-8,11H2,1-3H3. The molecule has 1 aromatic carbocycles. The molecule has 3 heteroatoms. The van der Waals surface area contributed by atoms with Gasteiger partial charge in [0.2, 0.25) is 0 Å². The number of benzene rings is 1. The highest BCUT2D eigenvalue weighted by Gasteiger charge is 2.21. The fourth-order valence-corrected chi connectivity index (χ4v) is 3.07. The smallest absolute Gasteiger partial charge is 0.100 e. The molecular weight excluding hydrogens is 258 g/mol. The second-order valence-corrected chi connectivity index (χ2v) is 6.07. The topological polar surface area (TPSA) is 39.9 Å². The molecule has 3 rings (SSSR count). The maximum absolute atomic E-state index is 9.68. The molecule has 0 unspecified atom stereocenters. The van der Waals surface area contributed by atoms with E-state index in [9.17, 15) is 5.26 Å². The van der Waals surface area contributed by atoms with Crippen LogP contribution in [0.25, 0.3) is 10.9 Å². The van der Waals surface area contributed by atoms with Gasteiger partial charge in [-0.2, -0.15) is 5.26 Å². The fraction of sp³-hybridized carbons (Fsp3) is 0.444. The Kier molecular flexibility index (Phi) is 3.65. The summed E-state index contributed by atoms with van der Waals surface area (Å²) in [6.07, 6.45) is 0.944. The van der Waals surface area contributed by atoms with E-state index in [2.05, 4.69) is 49.9 Å². The molecule has 108 valence electrons. The maximum Gasteiger partial charge on any atom is 0.100 e. The summed E-state index contributed by atoms with van der Waals surface area (Å²) in [5.41, 5.74) is 5.30. The van der Waals surface area contributed by atoms with Crippen LogP contribution in [0.5, 0.6) is 0 Å². The molecule has 0 saturated carbocycles. The van der Waals surface area contributed by atoms with E-state index in [-0.39, 0.29) is 0 Å². The zero-order chi connectivity index (χ0) is 15.0. The zero-order valence-electron chi connectivity index (χ0n) is 13.0. The number of hydrogen-bond acceptors (Lipinski definition) is 3. The lowest BCUT2D eigenvalue weighted by Gasteiger charge is -2.28. The van der Waals surface area contributed by atoms with Gasteiger partial charge < -0.3 is 0 Å². The van der Waals surface area contributed by atoms with Crippen molar-refractivity contribution < 1.29 is 0 Å². The van der Waals surface area contributed by atoms with Crippen LogP contribution in [0.4, 0.5) is 0 Å². The van der Waals surface area contributed by atoms with Gasteiger partial charge in [0, 0.05) is 36.2 Å². The third kappa shape index (κ3) is 2.41. The first-order valence-corrected chi connectivity index (χ1v) is 7.72. The summed E-state index contributed by atoms with van der Waals surface area (Å²) >= 11 is 0.